The predicted octanol–water partition coefficient (Wildman–Crippen LogP) is 4.47. The summed E-state index contributed by atoms with van der Waals surface area (Å²) >= 11 is 0. The van der Waals surface area contributed by atoms with Crippen molar-refractivity contribution in [2.24, 2.45) is 0 Å². The first-order valence-electron chi connectivity index (χ1n) is 6.94. The van der Waals surface area contributed by atoms with Crippen LogP contribution in [-0.4, -0.2) is 12.1 Å². The minimum Gasteiger partial charge on any atom is -0.462 e. The average Bonchev–Trinajstić information content (AvgIpc) is 2.31. The van der Waals surface area contributed by atoms with Gasteiger partial charge in [0.05, 0.1) is 0 Å². The molecule has 0 aromatic heterocycles. The van der Waals surface area contributed by atoms with Crippen LogP contribution in [0.5, 0.6) is 0 Å². The molecule has 0 spiro atoms. The van der Waals surface area contributed by atoms with Gasteiger partial charge in [0.15, 0.2) is 0 Å². The van der Waals surface area contributed by atoms with Crippen molar-refractivity contribution in [2.75, 3.05) is 0 Å². The molecule has 0 aliphatic carbocycles. The topological polar surface area (TPSA) is 26.3 Å². The summed E-state index contributed by atoms with van der Waals surface area (Å²) in [6.07, 6.45) is 10.4. The summed E-state index contributed by atoms with van der Waals surface area (Å²) in [7, 11) is 0. The molecule has 0 heterocycles. The highest BCUT2D eigenvalue weighted by atomic mass is 16.5. The van der Waals surface area contributed by atoms with E-state index in [0.717, 1.165) is 12.8 Å². The summed E-state index contributed by atoms with van der Waals surface area (Å²) in [5.41, 5.74) is 0. The molecule has 0 saturated heterocycles. The number of rotatable bonds is 10. The first-order chi connectivity index (χ1) is 7.74. The molecule has 0 aromatic rings. The zero-order chi connectivity index (χ0) is 12.2. The van der Waals surface area contributed by atoms with Crippen molar-refractivity contribution in [3.63, 3.8) is 0 Å². The average molecular weight is 228 g/mol. The fourth-order valence-electron chi connectivity index (χ4n) is 1.77. The molecule has 0 aliphatic heterocycles. The van der Waals surface area contributed by atoms with Crippen molar-refractivity contribution >= 4 is 5.97 Å². The summed E-state index contributed by atoms with van der Waals surface area (Å²) in [4.78, 5) is 11.1. The van der Waals surface area contributed by atoms with E-state index in [1.165, 1.54) is 38.5 Å². The maximum atomic E-state index is 11.1. The predicted molar refractivity (Wildman–Crippen MR) is 68.5 cm³/mol. The Hall–Kier alpha value is -0.530. The van der Waals surface area contributed by atoms with Gasteiger partial charge in [0, 0.05) is 6.42 Å². The number of ether oxygens (including phenoxy) is 1. The Labute approximate surface area is 101 Å². The van der Waals surface area contributed by atoms with Gasteiger partial charge < -0.3 is 4.74 Å². The first kappa shape index (κ1) is 15.5. The first-order valence-corrected chi connectivity index (χ1v) is 6.94. The zero-order valence-electron chi connectivity index (χ0n) is 11.3. The summed E-state index contributed by atoms with van der Waals surface area (Å²) < 4.78 is 5.34. The second-order valence-electron chi connectivity index (χ2n) is 4.43. The summed E-state index contributed by atoms with van der Waals surface area (Å²) in [5.74, 6) is -0.0576. The van der Waals surface area contributed by atoms with Crippen LogP contribution in [0.4, 0.5) is 0 Å². The van der Waals surface area contributed by atoms with Crippen LogP contribution in [0, 0.1) is 0 Å². The third-order valence-electron chi connectivity index (χ3n) is 2.92. The van der Waals surface area contributed by atoms with Gasteiger partial charge in [-0.15, -0.1) is 0 Å². The Morgan fingerprint density at radius 1 is 1.00 bits per heavy atom. The van der Waals surface area contributed by atoms with E-state index in [1.807, 2.05) is 6.92 Å². The maximum Gasteiger partial charge on any atom is 0.305 e. The van der Waals surface area contributed by atoms with Crippen molar-refractivity contribution in [1.29, 1.82) is 0 Å². The maximum absolute atomic E-state index is 11.1. The third kappa shape index (κ3) is 8.75. The van der Waals surface area contributed by atoms with Gasteiger partial charge in [-0.05, 0) is 19.3 Å². The summed E-state index contributed by atoms with van der Waals surface area (Å²) in [5, 5.41) is 0. The summed E-state index contributed by atoms with van der Waals surface area (Å²) in [6, 6.07) is 0. The van der Waals surface area contributed by atoms with Crippen LogP contribution in [0.15, 0.2) is 0 Å². The monoisotopic (exact) mass is 228 g/mol. The molecule has 2 nitrogen and oxygen atoms in total. The number of unbranched alkanes of at least 4 members (excludes halogenated alkanes) is 5. The number of carbonyl (C=O) groups is 1. The molecule has 0 bridgehead atoms. The van der Waals surface area contributed by atoms with Gasteiger partial charge in [-0.25, -0.2) is 0 Å². The standard InChI is InChI=1S/C14H28O2/c1-4-7-8-9-10-11-12-13(5-2)16-14(15)6-3/h13H,4-12H2,1-3H3. The van der Waals surface area contributed by atoms with Crippen LogP contribution < -0.4 is 0 Å². The van der Waals surface area contributed by atoms with Gasteiger partial charge in [-0.1, -0.05) is 52.9 Å². The molecule has 0 amide bonds. The molecule has 0 radical (unpaired) electrons. The second kappa shape index (κ2) is 11.0. The Bertz CT molecular complexity index is 166. The van der Waals surface area contributed by atoms with Crippen LogP contribution >= 0.6 is 0 Å². The third-order valence-corrected chi connectivity index (χ3v) is 2.92. The zero-order valence-corrected chi connectivity index (χ0v) is 11.3. The van der Waals surface area contributed by atoms with E-state index >= 15 is 0 Å². The van der Waals surface area contributed by atoms with Crippen LogP contribution in [0.2, 0.25) is 0 Å². The molecule has 0 aromatic carbocycles. The smallest absolute Gasteiger partial charge is 0.305 e. The van der Waals surface area contributed by atoms with Crippen LogP contribution in [0.1, 0.15) is 78.6 Å². The highest BCUT2D eigenvalue weighted by Crippen LogP contribution is 2.13. The molecule has 0 aliphatic rings. The normalized spacial score (nSPS) is 12.4. The minimum atomic E-state index is -0.0576. The van der Waals surface area contributed by atoms with E-state index in [9.17, 15) is 4.79 Å². The Balaban J connectivity index is 3.44. The minimum absolute atomic E-state index is 0.0576. The lowest BCUT2D eigenvalue weighted by Crippen LogP contribution is -2.16. The van der Waals surface area contributed by atoms with Gasteiger partial charge in [0.1, 0.15) is 6.10 Å². The van der Waals surface area contributed by atoms with E-state index in [-0.39, 0.29) is 12.1 Å². The lowest BCUT2D eigenvalue weighted by Gasteiger charge is -2.15. The molecule has 0 fully saturated rings. The van der Waals surface area contributed by atoms with Crippen LogP contribution in [0.3, 0.4) is 0 Å². The van der Waals surface area contributed by atoms with Crippen LogP contribution in [0.25, 0.3) is 0 Å². The number of hydrogen-bond acceptors (Lipinski definition) is 2. The summed E-state index contributed by atoms with van der Waals surface area (Å²) in [6.45, 7) is 6.17. The Morgan fingerprint density at radius 3 is 2.19 bits per heavy atom. The molecule has 0 saturated carbocycles. The fourth-order valence-corrected chi connectivity index (χ4v) is 1.77. The molecule has 0 rings (SSSR count). The van der Waals surface area contributed by atoms with Gasteiger partial charge in [0.25, 0.3) is 0 Å². The quantitative estimate of drug-likeness (QED) is 0.407. The van der Waals surface area contributed by atoms with Crippen molar-refractivity contribution in [2.45, 2.75) is 84.7 Å². The van der Waals surface area contributed by atoms with Crippen molar-refractivity contribution in [3.05, 3.63) is 0 Å². The van der Waals surface area contributed by atoms with E-state index in [1.54, 1.807) is 0 Å². The van der Waals surface area contributed by atoms with Crippen LogP contribution in [-0.2, 0) is 9.53 Å². The van der Waals surface area contributed by atoms with Crippen molar-refractivity contribution in [3.8, 4) is 0 Å². The largest absolute Gasteiger partial charge is 0.462 e. The van der Waals surface area contributed by atoms with Gasteiger partial charge in [0.2, 0.25) is 0 Å². The number of esters is 1. The van der Waals surface area contributed by atoms with E-state index < -0.39 is 0 Å². The molecular weight excluding hydrogens is 200 g/mol. The lowest BCUT2D eigenvalue weighted by molar-refractivity contribution is -0.149. The molecule has 2 heteroatoms. The molecule has 1 atom stereocenters. The molecular formula is C14H28O2. The number of hydrogen-bond donors (Lipinski definition) is 0. The van der Waals surface area contributed by atoms with E-state index in [4.69, 9.17) is 4.74 Å². The molecule has 1 unspecified atom stereocenters. The van der Waals surface area contributed by atoms with Gasteiger partial charge >= 0.3 is 5.97 Å². The van der Waals surface area contributed by atoms with E-state index in [2.05, 4.69) is 13.8 Å². The number of carbonyl (C=O) groups excluding carboxylic acids is 1. The van der Waals surface area contributed by atoms with Gasteiger partial charge in [-0.3, -0.25) is 4.79 Å². The molecule has 96 valence electrons. The molecule has 0 N–H and O–H groups in total. The SMILES string of the molecule is CCCCCCCCC(CC)OC(=O)CC. The van der Waals surface area contributed by atoms with E-state index in [0.29, 0.717) is 6.42 Å². The van der Waals surface area contributed by atoms with Crippen molar-refractivity contribution in [1.82, 2.24) is 0 Å². The van der Waals surface area contributed by atoms with Crippen molar-refractivity contribution < 1.29 is 9.53 Å². The Morgan fingerprint density at radius 2 is 1.62 bits per heavy atom. The second-order valence-corrected chi connectivity index (χ2v) is 4.43. The van der Waals surface area contributed by atoms with Gasteiger partial charge in [-0.2, -0.15) is 0 Å². The highest BCUT2D eigenvalue weighted by molar-refractivity contribution is 5.69. The molecule has 16 heavy (non-hydrogen) atoms. The fraction of sp³-hybridized carbons (Fsp3) is 0.929. The lowest BCUT2D eigenvalue weighted by atomic mass is 10.1. The Kier molecular flexibility index (Phi) is 10.6. The highest BCUT2D eigenvalue weighted by Gasteiger charge is 2.10.